The van der Waals surface area contributed by atoms with E-state index >= 15 is 0 Å². The summed E-state index contributed by atoms with van der Waals surface area (Å²) < 4.78 is 7.16. The summed E-state index contributed by atoms with van der Waals surface area (Å²) >= 11 is 1.63. The zero-order valence-electron chi connectivity index (χ0n) is 12.0. The van der Waals surface area contributed by atoms with Crippen molar-refractivity contribution in [2.24, 2.45) is 7.05 Å². The average molecular weight is 280 g/mol. The topological polar surface area (TPSA) is 52.0 Å². The van der Waals surface area contributed by atoms with Crippen LogP contribution in [0.3, 0.4) is 0 Å². The summed E-state index contributed by atoms with van der Waals surface area (Å²) in [6.45, 7) is 7.02. The number of hydrogen-bond donors (Lipinski definition) is 1. The van der Waals surface area contributed by atoms with E-state index in [4.69, 9.17) is 4.74 Å². The molecule has 2 aromatic heterocycles. The first kappa shape index (κ1) is 14.0. The zero-order valence-corrected chi connectivity index (χ0v) is 12.8. The van der Waals surface area contributed by atoms with E-state index in [0.717, 1.165) is 34.4 Å². The molecule has 19 heavy (non-hydrogen) atoms. The number of thiazole rings is 1. The molecule has 0 unspecified atom stereocenters. The van der Waals surface area contributed by atoms with E-state index in [1.165, 1.54) is 0 Å². The molecule has 0 aliphatic carbocycles. The van der Waals surface area contributed by atoms with Crippen molar-refractivity contribution in [1.29, 1.82) is 0 Å². The monoisotopic (exact) mass is 280 g/mol. The Bertz CT molecular complexity index is 559. The summed E-state index contributed by atoms with van der Waals surface area (Å²) in [5.74, 6) is 0.759. The van der Waals surface area contributed by atoms with E-state index in [1.807, 2.05) is 14.0 Å². The Morgan fingerprint density at radius 2 is 2.21 bits per heavy atom. The number of aromatic nitrogens is 3. The van der Waals surface area contributed by atoms with Gasteiger partial charge in [-0.2, -0.15) is 5.10 Å². The Kier molecular flexibility index (Phi) is 4.21. The van der Waals surface area contributed by atoms with Crippen LogP contribution in [-0.4, -0.2) is 27.9 Å². The van der Waals surface area contributed by atoms with E-state index in [9.17, 15) is 0 Å². The summed E-state index contributed by atoms with van der Waals surface area (Å²) in [7, 11) is 3.54. The lowest BCUT2D eigenvalue weighted by molar-refractivity contribution is 0.375. The molecular formula is C13H20N4OS. The Balaban J connectivity index is 2.27. The van der Waals surface area contributed by atoms with Crippen molar-refractivity contribution >= 4 is 11.3 Å². The molecule has 0 bridgehead atoms. The van der Waals surface area contributed by atoms with Crippen LogP contribution in [0.1, 0.15) is 25.2 Å². The van der Waals surface area contributed by atoms with Crippen LogP contribution in [0.25, 0.3) is 10.6 Å². The second kappa shape index (κ2) is 5.71. The molecule has 0 saturated carbocycles. The van der Waals surface area contributed by atoms with Gasteiger partial charge in [0.2, 0.25) is 5.88 Å². The smallest absolute Gasteiger partial charge is 0.222 e. The maximum atomic E-state index is 5.41. The molecule has 0 fully saturated rings. The van der Waals surface area contributed by atoms with Crippen molar-refractivity contribution in [3.05, 3.63) is 16.8 Å². The van der Waals surface area contributed by atoms with Gasteiger partial charge in [-0.05, 0) is 6.92 Å². The Hall–Kier alpha value is -1.40. The van der Waals surface area contributed by atoms with E-state index in [1.54, 1.807) is 23.1 Å². The van der Waals surface area contributed by atoms with Gasteiger partial charge in [-0.25, -0.2) is 9.67 Å². The molecule has 0 aromatic carbocycles. The number of rotatable bonds is 5. The molecule has 0 radical (unpaired) electrons. The summed E-state index contributed by atoms with van der Waals surface area (Å²) in [5.41, 5.74) is 2.99. The molecule has 0 saturated heterocycles. The quantitative estimate of drug-likeness (QED) is 0.913. The highest BCUT2D eigenvalue weighted by atomic mass is 32.1. The van der Waals surface area contributed by atoms with Gasteiger partial charge in [0.25, 0.3) is 0 Å². The third-order valence-electron chi connectivity index (χ3n) is 2.82. The summed E-state index contributed by atoms with van der Waals surface area (Å²) in [6, 6.07) is 0.458. The minimum atomic E-state index is 0.458. The van der Waals surface area contributed by atoms with Gasteiger partial charge in [0, 0.05) is 25.0 Å². The van der Waals surface area contributed by atoms with Crippen LogP contribution in [0, 0.1) is 6.92 Å². The van der Waals surface area contributed by atoms with E-state index in [2.05, 4.69) is 34.6 Å². The highest BCUT2D eigenvalue weighted by Gasteiger charge is 2.18. The minimum absolute atomic E-state index is 0.458. The first-order chi connectivity index (χ1) is 9.02. The third-order valence-corrected chi connectivity index (χ3v) is 3.73. The zero-order chi connectivity index (χ0) is 14.0. The first-order valence-corrected chi connectivity index (χ1v) is 7.16. The molecule has 0 spiro atoms. The standard InChI is InChI=1S/C13H20N4OS/c1-8(2)14-6-10-7-19-12(15-10)11-9(3)16-17(4)13(11)18-5/h7-8,14H,6H2,1-5H3. The molecule has 0 aliphatic heterocycles. The van der Waals surface area contributed by atoms with Crippen molar-refractivity contribution in [2.45, 2.75) is 33.4 Å². The molecule has 2 heterocycles. The Morgan fingerprint density at radius 1 is 1.47 bits per heavy atom. The number of nitrogens with zero attached hydrogens (tertiary/aromatic N) is 3. The van der Waals surface area contributed by atoms with Crippen molar-refractivity contribution in [1.82, 2.24) is 20.1 Å². The van der Waals surface area contributed by atoms with Gasteiger partial charge in [-0.1, -0.05) is 13.8 Å². The Morgan fingerprint density at radius 3 is 2.84 bits per heavy atom. The number of aryl methyl sites for hydroxylation is 2. The maximum absolute atomic E-state index is 5.41. The molecule has 0 atom stereocenters. The van der Waals surface area contributed by atoms with Crippen molar-refractivity contribution in [3.63, 3.8) is 0 Å². The normalized spacial score (nSPS) is 11.3. The average Bonchev–Trinajstić information content (AvgIpc) is 2.90. The lowest BCUT2D eigenvalue weighted by atomic mass is 10.2. The van der Waals surface area contributed by atoms with Crippen LogP contribution in [0.4, 0.5) is 0 Å². The Labute approximate surface area is 117 Å². The van der Waals surface area contributed by atoms with E-state index < -0.39 is 0 Å². The van der Waals surface area contributed by atoms with Crippen molar-refractivity contribution in [3.8, 4) is 16.5 Å². The fraction of sp³-hybridized carbons (Fsp3) is 0.538. The number of ether oxygens (including phenoxy) is 1. The predicted octanol–water partition coefficient (Wildman–Crippen LogP) is 2.36. The van der Waals surface area contributed by atoms with Crippen molar-refractivity contribution in [2.75, 3.05) is 7.11 Å². The molecule has 2 rings (SSSR count). The fourth-order valence-electron chi connectivity index (χ4n) is 1.93. The van der Waals surface area contributed by atoms with E-state index in [-0.39, 0.29) is 0 Å². The van der Waals surface area contributed by atoms with Gasteiger partial charge >= 0.3 is 0 Å². The molecule has 0 aliphatic rings. The molecule has 2 aromatic rings. The molecule has 0 amide bonds. The summed E-state index contributed by atoms with van der Waals surface area (Å²) in [4.78, 5) is 4.66. The molecule has 5 nitrogen and oxygen atoms in total. The largest absolute Gasteiger partial charge is 0.481 e. The molecule has 1 N–H and O–H groups in total. The van der Waals surface area contributed by atoms with Gasteiger partial charge in [0.15, 0.2) is 0 Å². The maximum Gasteiger partial charge on any atom is 0.222 e. The lowest BCUT2D eigenvalue weighted by Crippen LogP contribution is -2.21. The van der Waals surface area contributed by atoms with Crippen LogP contribution in [0.5, 0.6) is 5.88 Å². The summed E-state index contributed by atoms with van der Waals surface area (Å²) in [5, 5.41) is 10.8. The number of methoxy groups -OCH3 is 1. The van der Waals surface area contributed by atoms with Gasteiger partial charge < -0.3 is 10.1 Å². The minimum Gasteiger partial charge on any atom is -0.481 e. The van der Waals surface area contributed by atoms with Gasteiger partial charge in [-0.3, -0.25) is 0 Å². The van der Waals surface area contributed by atoms with Gasteiger partial charge in [0.05, 0.1) is 24.1 Å². The fourth-order valence-corrected chi connectivity index (χ4v) is 2.84. The second-order valence-corrected chi connectivity index (χ2v) is 5.63. The number of nitrogens with one attached hydrogen (secondary N) is 1. The SMILES string of the molecule is COc1c(-c2nc(CNC(C)C)cs2)c(C)nn1C. The molecule has 6 heteroatoms. The lowest BCUT2D eigenvalue weighted by Gasteiger charge is -2.05. The van der Waals surface area contributed by atoms with Crippen LogP contribution in [0.2, 0.25) is 0 Å². The summed E-state index contributed by atoms with van der Waals surface area (Å²) in [6.07, 6.45) is 0. The third kappa shape index (κ3) is 2.96. The van der Waals surface area contributed by atoms with E-state index in [0.29, 0.717) is 6.04 Å². The van der Waals surface area contributed by atoms with Crippen LogP contribution < -0.4 is 10.1 Å². The van der Waals surface area contributed by atoms with Crippen LogP contribution >= 0.6 is 11.3 Å². The van der Waals surface area contributed by atoms with Crippen LogP contribution in [0.15, 0.2) is 5.38 Å². The first-order valence-electron chi connectivity index (χ1n) is 6.28. The predicted molar refractivity (Wildman–Crippen MR) is 77.6 cm³/mol. The van der Waals surface area contributed by atoms with Crippen LogP contribution in [-0.2, 0) is 13.6 Å². The van der Waals surface area contributed by atoms with Gasteiger partial charge in [-0.15, -0.1) is 11.3 Å². The number of hydrogen-bond acceptors (Lipinski definition) is 5. The molecular weight excluding hydrogens is 260 g/mol. The second-order valence-electron chi connectivity index (χ2n) is 4.77. The molecule has 104 valence electrons. The van der Waals surface area contributed by atoms with Gasteiger partial charge in [0.1, 0.15) is 5.01 Å². The highest BCUT2D eigenvalue weighted by Crippen LogP contribution is 2.34. The van der Waals surface area contributed by atoms with Crippen molar-refractivity contribution < 1.29 is 4.74 Å². The highest BCUT2D eigenvalue weighted by molar-refractivity contribution is 7.13.